The minimum absolute atomic E-state index is 0.0560. The van der Waals surface area contributed by atoms with Gasteiger partial charge in [0.15, 0.2) is 5.43 Å². The Balaban J connectivity index is 1.78. The van der Waals surface area contributed by atoms with Crippen LogP contribution in [-0.2, 0) is 17.9 Å². The molecule has 1 amide bonds. The molecule has 0 atom stereocenters. The van der Waals surface area contributed by atoms with Gasteiger partial charge in [-0.3, -0.25) is 14.6 Å². The molecule has 116 valence electrons. The van der Waals surface area contributed by atoms with Crippen molar-refractivity contribution >= 4 is 32.7 Å². The Kier molecular flexibility index (Phi) is 4.52. The SMILES string of the molecule is O=C(Cn1ccc(=O)c2ccc(Br)cc21)NCc1cccnc1. The normalized spacial score (nSPS) is 10.7. The first-order valence-electron chi connectivity index (χ1n) is 7.08. The van der Waals surface area contributed by atoms with E-state index in [2.05, 4.69) is 26.2 Å². The molecule has 0 spiro atoms. The lowest BCUT2D eigenvalue weighted by Crippen LogP contribution is -2.27. The van der Waals surface area contributed by atoms with Crippen LogP contribution in [0, 0.1) is 0 Å². The van der Waals surface area contributed by atoms with Crippen LogP contribution in [-0.4, -0.2) is 15.5 Å². The zero-order valence-electron chi connectivity index (χ0n) is 12.2. The van der Waals surface area contributed by atoms with Crippen molar-refractivity contribution in [3.63, 3.8) is 0 Å². The van der Waals surface area contributed by atoms with Crippen molar-refractivity contribution < 1.29 is 4.79 Å². The molecule has 23 heavy (non-hydrogen) atoms. The second-order valence-corrected chi connectivity index (χ2v) is 6.02. The summed E-state index contributed by atoms with van der Waals surface area (Å²) in [5.41, 5.74) is 1.61. The quantitative estimate of drug-likeness (QED) is 0.765. The van der Waals surface area contributed by atoms with Crippen LogP contribution in [0.25, 0.3) is 10.9 Å². The number of halogens is 1. The highest BCUT2D eigenvalue weighted by Gasteiger charge is 2.07. The van der Waals surface area contributed by atoms with E-state index in [0.29, 0.717) is 11.9 Å². The maximum atomic E-state index is 12.2. The molecule has 1 aromatic carbocycles. The number of rotatable bonds is 4. The molecule has 0 bridgehead atoms. The van der Waals surface area contributed by atoms with Gasteiger partial charge in [-0.25, -0.2) is 0 Å². The fraction of sp³-hybridized carbons (Fsp3) is 0.118. The van der Waals surface area contributed by atoms with E-state index in [4.69, 9.17) is 0 Å². The zero-order chi connectivity index (χ0) is 16.2. The first-order chi connectivity index (χ1) is 11.1. The van der Waals surface area contributed by atoms with E-state index >= 15 is 0 Å². The second-order valence-electron chi connectivity index (χ2n) is 5.11. The van der Waals surface area contributed by atoms with Crippen molar-refractivity contribution in [2.45, 2.75) is 13.1 Å². The maximum Gasteiger partial charge on any atom is 0.240 e. The van der Waals surface area contributed by atoms with Crippen LogP contribution in [0.5, 0.6) is 0 Å². The average molecular weight is 372 g/mol. The lowest BCUT2D eigenvalue weighted by atomic mass is 10.2. The van der Waals surface area contributed by atoms with E-state index in [1.54, 1.807) is 29.2 Å². The fourth-order valence-corrected chi connectivity index (χ4v) is 2.68. The standard InChI is InChI=1S/C17H14BrN3O2/c18-13-3-4-14-15(8-13)21(7-5-16(14)22)11-17(23)20-10-12-2-1-6-19-9-12/h1-9H,10-11H2,(H,20,23). The third kappa shape index (κ3) is 3.65. The maximum absolute atomic E-state index is 12.2. The van der Waals surface area contributed by atoms with Crippen LogP contribution in [0.4, 0.5) is 0 Å². The summed E-state index contributed by atoms with van der Waals surface area (Å²) in [5.74, 6) is -0.126. The van der Waals surface area contributed by atoms with E-state index in [1.165, 1.54) is 6.07 Å². The molecule has 5 nitrogen and oxygen atoms in total. The number of nitrogens with zero attached hydrogens (tertiary/aromatic N) is 2. The molecule has 3 aromatic rings. The molecular formula is C17H14BrN3O2. The molecule has 0 unspecified atom stereocenters. The van der Waals surface area contributed by atoms with Crippen LogP contribution in [0.3, 0.4) is 0 Å². The lowest BCUT2D eigenvalue weighted by Gasteiger charge is -2.11. The summed E-state index contributed by atoms with van der Waals surface area (Å²) in [6.07, 6.45) is 5.04. The fourth-order valence-electron chi connectivity index (χ4n) is 2.33. The van der Waals surface area contributed by atoms with Crippen LogP contribution >= 0.6 is 15.9 Å². The van der Waals surface area contributed by atoms with E-state index in [-0.39, 0.29) is 17.9 Å². The second kappa shape index (κ2) is 6.75. The largest absolute Gasteiger partial charge is 0.350 e. The van der Waals surface area contributed by atoms with Gasteiger partial charge in [0.25, 0.3) is 0 Å². The molecule has 0 radical (unpaired) electrons. The molecule has 0 saturated carbocycles. The molecule has 0 aliphatic heterocycles. The molecule has 2 heterocycles. The number of fused-ring (bicyclic) bond motifs is 1. The van der Waals surface area contributed by atoms with E-state index in [9.17, 15) is 9.59 Å². The number of carbonyl (C=O) groups excluding carboxylic acids is 1. The molecule has 1 N–H and O–H groups in total. The molecule has 0 fully saturated rings. The molecular weight excluding hydrogens is 358 g/mol. The highest BCUT2D eigenvalue weighted by atomic mass is 79.9. The summed E-state index contributed by atoms with van der Waals surface area (Å²) in [6.45, 7) is 0.571. The van der Waals surface area contributed by atoms with Crippen molar-refractivity contribution in [1.82, 2.24) is 14.9 Å². The topological polar surface area (TPSA) is 64.0 Å². The molecule has 0 saturated heterocycles. The molecule has 3 rings (SSSR count). The minimum Gasteiger partial charge on any atom is -0.350 e. The van der Waals surface area contributed by atoms with Gasteiger partial charge in [-0.15, -0.1) is 0 Å². The van der Waals surface area contributed by atoms with Gasteiger partial charge in [0.2, 0.25) is 5.91 Å². The van der Waals surface area contributed by atoms with Crippen molar-refractivity contribution in [2.24, 2.45) is 0 Å². The number of hydrogen-bond donors (Lipinski definition) is 1. The predicted molar refractivity (Wildman–Crippen MR) is 92.0 cm³/mol. The summed E-state index contributed by atoms with van der Waals surface area (Å²) < 4.78 is 2.63. The van der Waals surface area contributed by atoms with Gasteiger partial charge < -0.3 is 9.88 Å². The van der Waals surface area contributed by atoms with E-state index < -0.39 is 0 Å². The van der Waals surface area contributed by atoms with Crippen LogP contribution in [0.1, 0.15) is 5.56 Å². The van der Waals surface area contributed by atoms with Gasteiger partial charge in [-0.1, -0.05) is 22.0 Å². The Labute approximate surface area is 141 Å². The van der Waals surface area contributed by atoms with Gasteiger partial charge in [0.1, 0.15) is 6.54 Å². The molecule has 2 aromatic heterocycles. The van der Waals surface area contributed by atoms with Crippen molar-refractivity contribution in [3.8, 4) is 0 Å². The Morgan fingerprint density at radius 3 is 2.91 bits per heavy atom. The van der Waals surface area contributed by atoms with Crippen LogP contribution in [0.2, 0.25) is 0 Å². The summed E-state index contributed by atoms with van der Waals surface area (Å²) in [7, 11) is 0. The third-order valence-electron chi connectivity index (χ3n) is 3.47. The summed E-state index contributed by atoms with van der Waals surface area (Å²) in [4.78, 5) is 28.1. The smallest absolute Gasteiger partial charge is 0.240 e. The molecule has 0 aliphatic rings. The summed E-state index contributed by atoms with van der Waals surface area (Å²) in [5, 5.41) is 3.45. The number of aromatic nitrogens is 2. The summed E-state index contributed by atoms with van der Waals surface area (Å²) >= 11 is 3.40. The zero-order valence-corrected chi connectivity index (χ0v) is 13.8. The third-order valence-corrected chi connectivity index (χ3v) is 3.96. The van der Waals surface area contributed by atoms with Gasteiger partial charge in [0.05, 0.1) is 5.52 Å². The van der Waals surface area contributed by atoms with Crippen LogP contribution < -0.4 is 10.7 Å². The number of benzene rings is 1. The van der Waals surface area contributed by atoms with Gasteiger partial charge in [-0.05, 0) is 29.8 Å². The highest BCUT2D eigenvalue weighted by molar-refractivity contribution is 9.10. The predicted octanol–water partition coefficient (Wildman–Crippen LogP) is 2.48. The van der Waals surface area contributed by atoms with Crippen molar-refractivity contribution in [3.05, 3.63) is 75.2 Å². The number of carbonyl (C=O) groups is 1. The molecule has 0 aliphatic carbocycles. The minimum atomic E-state index is -0.126. The van der Waals surface area contributed by atoms with Gasteiger partial charge in [-0.2, -0.15) is 0 Å². The number of hydrogen-bond acceptors (Lipinski definition) is 3. The van der Waals surface area contributed by atoms with Crippen molar-refractivity contribution in [1.29, 1.82) is 0 Å². The lowest BCUT2D eigenvalue weighted by molar-refractivity contribution is -0.121. The Morgan fingerprint density at radius 2 is 2.13 bits per heavy atom. The molecule has 6 heteroatoms. The first kappa shape index (κ1) is 15.4. The van der Waals surface area contributed by atoms with Gasteiger partial charge >= 0.3 is 0 Å². The highest BCUT2D eigenvalue weighted by Crippen LogP contribution is 2.17. The average Bonchev–Trinajstić information content (AvgIpc) is 2.56. The Morgan fingerprint density at radius 1 is 1.26 bits per heavy atom. The Hall–Kier alpha value is -2.47. The monoisotopic (exact) mass is 371 g/mol. The van der Waals surface area contributed by atoms with E-state index in [0.717, 1.165) is 15.6 Å². The number of nitrogens with one attached hydrogen (secondary N) is 1. The van der Waals surface area contributed by atoms with Crippen molar-refractivity contribution in [2.75, 3.05) is 0 Å². The van der Waals surface area contributed by atoms with E-state index in [1.807, 2.05) is 24.3 Å². The number of amides is 1. The first-order valence-corrected chi connectivity index (χ1v) is 7.87. The number of pyridine rings is 2. The van der Waals surface area contributed by atoms with Gasteiger partial charge in [0, 0.05) is 41.1 Å². The Bertz CT molecular complexity index is 907. The van der Waals surface area contributed by atoms with Crippen LogP contribution in [0.15, 0.2) is 64.3 Å². The summed E-state index contributed by atoms with van der Waals surface area (Å²) in [6, 6.07) is 10.6.